The number of rotatable bonds is 6. The minimum atomic E-state index is -0.453. The summed E-state index contributed by atoms with van der Waals surface area (Å²) in [6.07, 6.45) is 3.65. The number of hydrogen-bond donors (Lipinski definition) is 2. The Balaban J connectivity index is 1.79. The summed E-state index contributed by atoms with van der Waals surface area (Å²) in [5, 5.41) is 19.9. The van der Waals surface area contributed by atoms with Gasteiger partial charge in [-0.25, -0.2) is 0 Å². The Morgan fingerprint density at radius 3 is 2.40 bits per heavy atom. The average Bonchev–Trinajstić information content (AvgIpc) is 2.60. The van der Waals surface area contributed by atoms with Crippen LogP contribution in [-0.4, -0.2) is 27.4 Å². The van der Waals surface area contributed by atoms with Crippen molar-refractivity contribution >= 4 is 0 Å². The Hall–Kier alpha value is -1.71. The van der Waals surface area contributed by atoms with Gasteiger partial charge in [0.1, 0.15) is 0 Å². The molecule has 2 aromatic rings. The summed E-state index contributed by atoms with van der Waals surface area (Å²) >= 11 is 0. The minimum absolute atomic E-state index is 0.407. The number of aryl methyl sites for hydroxylation is 1. The molecule has 0 bridgehead atoms. The van der Waals surface area contributed by atoms with Crippen molar-refractivity contribution in [3.8, 4) is 0 Å². The Bertz CT molecular complexity index is 754. The van der Waals surface area contributed by atoms with Crippen LogP contribution in [0.15, 0.2) is 24.3 Å². The molecule has 2 N–H and O–H groups in total. The molecule has 0 unspecified atom stereocenters. The van der Waals surface area contributed by atoms with Gasteiger partial charge in [-0.1, -0.05) is 31.2 Å². The zero-order valence-electron chi connectivity index (χ0n) is 15.5. The molecule has 0 saturated heterocycles. The lowest BCUT2D eigenvalue weighted by atomic mass is 9.84. The topological polar surface area (TPSA) is 53.4 Å². The van der Waals surface area contributed by atoms with Gasteiger partial charge in [0.15, 0.2) is 0 Å². The van der Waals surface area contributed by atoms with Crippen LogP contribution in [0.4, 0.5) is 0 Å². The first-order valence-electron chi connectivity index (χ1n) is 9.40. The van der Waals surface area contributed by atoms with Gasteiger partial charge in [0, 0.05) is 17.8 Å². The van der Waals surface area contributed by atoms with E-state index in [4.69, 9.17) is 4.98 Å². The Labute approximate surface area is 150 Å². The summed E-state index contributed by atoms with van der Waals surface area (Å²) in [5.41, 5.74) is 9.04. The highest BCUT2D eigenvalue weighted by Crippen LogP contribution is 2.31. The molecule has 3 heteroatoms. The molecule has 3 rings (SSSR count). The SMILES string of the molecule is CC[C@H](O)C[C@H](O)CCc1c(C)nc2c(c1C)Cc1ccccc1C2. The Morgan fingerprint density at radius 2 is 1.72 bits per heavy atom. The zero-order valence-corrected chi connectivity index (χ0v) is 15.5. The molecule has 0 saturated carbocycles. The number of aromatic nitrogens is 1. The first kappa shape index (κ1) is 18.1. The van der Waals surface area contributed by atoms with Gasteiger partial charge in [0.2, 0.25) is 0 Å². The monoisotopic (exact) mass is 339 g/mol. The minimum Gasteiger partial charge on any atom is -0.393 e. The molecule has 1 heterocycles. The molecular weight excluding hydrogens is 310 g/mol. The third-order valence-corrected chi connectivity index (χ3v) is 5.58. The lowest BCUT2D eigenvalue weighted by molar-refractivity contribution is 0.0739. The molecule has 0 fully saturated rings. The van der Waals surface area contributed by atoms with Crippen molar-refractivity contribution in [1.29, 1.82) is 0 Å². The summed E-state index contributed by atoms with van der Waals surface area (Å²) in [5.74, 6) is 0. The fourth-order valence-electron chi connectivity index (χ4n) is 3.94. The van der Waals surface area contributed by atoms with Crippen LogP contribution < -0.4 is 0 Å². The first-order chi connectivity index (χ1) is 12.0. The Kier molecular flexibility index (Phi) is 5.55. The van der Waals surface area contributed by atoms with Crippen LogP contribution in [0, 0.1) is 13.8 Å². The second-order valence-electron chi connectivity index (χ2n) is 7.34. The van der Waals surface area contributed by atoms with Gasteiger partial charge in [-0.3, -0.25) is 4.98 Å². The summed E-state index contributed by atoms with van der Waals surface area (Å²) in [4.78, 5) is 4.90. The van der Waals surface area contributed by atoms with Gasteiger partial charge < -0.3 is 10.2 Å². The van der Waals surface area contributed by atoms with E-state index in [1.165, 1.54) is 33.5 Å². The van der Waals surface area contributed by atoms with Crippen molar-refractivity contribution < 1.29 is 10.2 Å². The molecule has 0 spiro atoms. The fraction of sp³-hybridized carbons (Fsp3) is 0.500. The lowest BCUT2D eigenvalue weighted by Crippen LogP contribution is -2.19. The number of nitrogens with zero attached hydrogens (tertiary/aromatic N) is 1. The molecule has 3 nitrogen and oxygen atoms in total. The van der Waals surface area contributed by atoms with Crippen LogP contribution in [0.5, 0.6) is 0 Å². The molecule has 0 radical (unpaired) electrons. The third kappa shape index (κ3) is 3.94. The maximum atomic E-state index is 10.2. The average molecular weight is 339 g/mol. The molecule has 1 aliphatic carbocycles. The maximum absolute atomic E-state index is 10.2. The Morgan fingerprint density at radius 1 is 1.04 bits per heavy atom. The van der Waals surface area contributed by atoms with Crippen LogP contribution >= 0.6 is 0 Å². The van der Waals surface area contributed by atoms with E-state index in [0.717, 1.165) is 25.0 Å². The second-order valence-corrected chi connectivity index (χ2v) is 7.34. The predicted octanol–water partition coefficient (Wildman–Crippen LogP) is 3.65. The maximum Gasteiger partial charge on any atom is 0.0568 e. The molecule has 1 aliphatic rings. The quantitative estimate of drug-likeness (QED) is 0.721. The molecule has 1 aromatic carbocycles. The van der Waals surface area contributed by atoms with Crippen molar-refractivity contribution in [2.24, 2.45) is 0 Å². The van der Waals surface area contributed by atoms with E-state index in [-0.39, 0.29) is 0 Å². The van der Waals surface area contributed by atoms with Crippen LogP contribution in [0.1, 0.15) is 65.4 Å². The number of hydrogen-bond acceptors (Lipinski definition) is 3. The van der Waals surface area contributed by atoms with Crippen LogP contribution in [0.2, 0.25) is 0 Å². The molecule has 134 valence electrons. The molecule has 1 aromatic heterocycles. The summed E-state index contributed by atoms with van der Waals surface area (Å²) < 4.78 is 0. The highest BCUT2D eigenvalue weighted by atomic mass is 16.3. The van der Waals surface area contributed by atoms with Gasteiger partial charge in [0.05, 0.1) is 12.2 Å². The number of pyridine rings is 1. The van der Waals surface area contributed by atoms with E-state index in [0.29, 0.717) is 19.3 Å². The summed E-state index contributed by atoms with van der Waals surface area (Å²) in [6.45, 7) is 6.22. The summed E-state index contributed by atoms with van der Waals surface area (Å²) in [7, 11) is 0. The zero-order chi connectivity index (χ0) is 18.0. The van der Waals surface area contributed by atoms with Crippen molar-refractivity contribution in [1.82, 2.24) is 4.98 Å². The molecule has 0 aliphatic heterocycles. The smallest absolute Gasteiger partial charge is 0.0568 e. The third-order valence-electron chi connectivity index (χ3n) is 5.58. The largest absolute Gasteiger partial charge is 0.393 e. The first-order valence-corrected chi connectivity index (χ1v) is 9.40. The van der Waals surface area contributed by atoms with E-state index in [1.54, 1.807) is 0 Å². The molecule has 25 heavy (non-hydrogen) atoms. The van der Waals surface area contributed by atoms with Gasteiger partial charge in [-0.15, -0.1) is 0 Å². The number of benzene rings is 1. The summed E-state index contributed by atoms with van der Waals surface area (Å²) in [6, 6.07) is 8.63. The second kappa shape index (κ2) is 7.67. The van der Waals surface area contributed by atoms with Crippen LogP contribution in [0.3, 0.4) is 0 Å². The number of fused-ring (bicyclic) bond motifs is 2. The fourth-order valence-corrected chi connectivity index (χ4v) is 3.94. The van der Waals surface area contributed by atoms with E-state index >= 15 is 0 Å². The standard InChI is InChI=1S/C22H29NO2/c1-4-18(24)13-19(25)9-10-20-14(2)21-11-16-7-5-6-8-17(16)12-22(21)23-15(20)3/h5-8,18-19,24-25H,4,9-13H2,1-3H3/t18-,19+/m0/s1. The van der Waals surface area contributed by atoms with E-state index in [1.807, 2.05) is 6.92 Å². The van der Waals surface area contributed by atoms with Gasteiger partial charge in [-0.05, 0) is 73.8 Å². The van der Waals surface area contributed by atoms with Crippen molar-refractivity contribution in [2.45, 2.75) is 71.5 Å². The van der Waals surface area contributed by atoms with Crippen molar-refractivity contribution in [3.63, 3.8) is 0 Å². The molecular formula is C22H29NO2. The van der Waals surface area contributed by atoms with Gasteiger partial charge >= 0.3 is 0 Å². The molecule has 2 atom stereocenters. The number of aliphatic hydroxyl groups excluding tert-OH is 2. The lowest BCUT2D eigenvalue weighted by Gasteiger charge is -2.24. The molecule has 0 amide bonds. The van der Waals surface area contributed by atoms with Crippen LogP contribution in [0.25, 0.3) is 0 Å². The van der Waals surface area contributed by atoms with E-state index < -0.39 is 12.2 Å². The van der Waals surface area contributed by atoms with Gasteiger partial charge in [0.25, 0.3) is 0 Å². The normalized spacial score (nSPS) is 15.4. The van der Waals surface area contributed by atoms with E-state index in [2.05, 4.69) is 38.1 Å². The van der Waals surface area contributed by atoms with Gasteiger partial charge in [-0.2, -0.15) is 0 Å². The van der Waals surface area contributed by atoms with E-state index in [9.17, 15) is 10.2 Å². The van der Waals surface area contributed by atoms with Crippen molar-refractivity contribution in [2.75, 3.05) is 0 Å². The highest BCUT2D eigenvalue weighted by molar-refractivity contribution is 5.49. The highest BCUT2D eigenvalue weighted by Gasteiger charge is 2.21. The number of aliphatic hydroxyl groups is 2. The van der Waals surface area contributed by atoms with Crippen LogP contribution in [-0.2, 0) is 19.3 Å². The predicted molar refractivity (Wildman–Crippen MR) is 101 cm³/mol. The van der Waals surface area contributed by atoms with Crippen molar-refractivity contribution in [3.05, 3.63) is 63.5 Å².